The molecule has 1 heterocycles. The van der Waals surface area contributed by atoms with Crippen LogP contribution in [0.5, 0.6) is 0 Å². The molecule has 9 heteroatoms. The lowest BCUT2D eigenvalue weighted by Crippen LogP contribution is -2.44. The normalized spacial score (nSPS) is 15.3. The first-order valence-corrected chi connectivity index (χ1v) is 9.41. The quantitative estimate of drug-likeness (QED) is 0.699. The number of halogens is 3. The third-order valence-corrected chi connectivity index (χ3v) is 4.50. The highest BCUT2D eigenvalue weighted by Gasteiger charge is 2.33. The second-order valence-electron chi connectivity index (χ2n) is 6.73. The summed E-state index contributed by atoms with van der Waals surface area (Å²) in [4.78, 5) is 31.7. The van der Waals surface area contributed by atoms with E-state index in [9.17, 15) is 22.8 Å². The van der Waals surface area contributed by atoms with Crippen LogP contribution in [0.4, 0.5) is 18.9 Å². The van der Waals surface area contributed by atoms with Gasteiger partial charge in [0.05, 0.1) is 17.9 Å². The maximum Gasteiger partial charge on any atom is 0.267 e. The zero-order valence-electron chi connectivity index (χ0n) is 16.2. The molecule has 3 rings (SSSR count). The van der Waals surface area contributed by atoms with Gasteiger partial charge >= 0.3 is 0 Å². The molecule has 2 aromatic rings. The van der Waals surface area contributed by atoms with E-state index in [4.69, 9.17) is 4.84 Å². The molecule has 2 aromatic carbocycles. The van der Waals surface area contributed by atoms with Gasteiger partial charge in [0.15, 0.2) is 17.5 Å². The number of nitrogens with zero attached hydrogens (tertiary/aromatic N) is 2. The smallest absolute Gasteiger partial charge is 0.267 e. The number of benzene rings is 2. The van der Waals surface area contributed by atoms with Crippen molar-refractivity contribution < 1.29 is 27.6 Å². The van der Waals surface area contributed by atoms with Gasteiger partial charge < -0.3 is 15.1 Å². The van der Waals surface area contributed by atoms with Crippen molar-refractivity contribution in [1.29, 1.82) is 0 Å². The maximum absolute atomic E-state index is 13.8. The lowest BCUT2D eigenvalue weighted by Gasteiger charge is -2.23. The van der Waals surface area contributed by atoms with Crippen molar-refractivity contribution in [2.24, 2.45) is 5.16 Å². The van der Waals surface area contributed by atoms with Crippen LogP contribution in [0, 0.1) is 17.5 Å². The topological polar surface area (TPSA) is 71.0 Å². The number of carbonyl (C=O) groups excluding carboxylic acids is 2. The summed E-state index contributed by atoms with van der Waals surface area (Å²) in [5.41, 5.74) is 0.953. The minimum atomic E-state index is -1.68. The molecule has 158 valence electrons. The summed E-state index contributed by atoms with van der Waals surface area (Å²) >= 11 is 0. The third-order valence-electron chi connectivity index (χ3n) is 4.50. The van der Waals surface area contributed by atoms with Crippen LogP contribution in [0.1, 0.15) is 25.3 Å². The van der Waals surface area contributed by atoms with Crippen LogP contribution in [-0.2, 0) is 14.4 Å². The Morgan fingerprint density at radius 3 is 2.57 bits per heavy atom. The molecule has 0 spiro atoms. The standard InChI is InChI=1S/C21H20F3N3O3/c1-2-10-27(12-18(28)25-15-9-8-14(22)19(23)20(15)24)21(29)17-11-16(26-30-17)13-6-4-3-5-7-13/h3-9,17H,2,10-12H2,1H3,(H,25,28). The monoisotopic (exact) mass is 419 g/mol. The lowest BCUT2D eigenvalue weighted by molar-refractivity contribution is -0.144. The molecule has 2 amide bonds. The van der Waals surface area contributed by atoms with E-state index in [1.807, 2.05) is 37.3 Å². The van der Waals surface area contributed by atoms with Gasteiger partial charge in [-0.05, 0) is 24.1 Å². The minimum absolute atomic E-state index is 0.252. The molecule has 1 unspecified atom stereocenters. The summed E-state index contributed by atoms with van der Waals surface area (Å²) in [5, 5.41) is 6.13. The highest BCUT2D eigenvalue weighted by Crippen LogP contribution is 2.21. The first kappa shape index (κ1) is 21.4. The Labute approximate surface area is 171 Å². The van der Waals surface area contributed by atoms with Gasteiger partial charge in [-0.25, -0.2) is 13.2 Å². The van der Waals surface area contributed by atoms with E-state index >= 15 is 0 Å². The van der Waals surface area contributed by atoms with Crippen molar-refractivity contribution in [1.82, 2.24) is 4.90 Å². The Kier molecular flexibility index (Phi) is 6.71. The molecule has 0 aromatic heterocycles. The van der Waals surface area contributed by atoms with Gasteiger partial charge in [0.2, 0.25) is 12.0 Å². The number of oxime groups is 1. The van der Waals surface area contributed by atoms with Crippen molar-refractivity contribution in [3.05, 3.63) is 65.5 Å². The first-order valence-electron chi connectivity index (χ1n) is 9.41. The average molecular weight is 419 g/mol. The number of rotatable bonds is 7. The fraction of sp³-hybridized carbons (Fsp3) is 0.286. The summed E-state index contributed by atoms with van der Waals surface area (Å²) in [6.45, 7) is 1.69. The molecule has 0 fully saturated rings. The van der Waals surface area contributed by atoms with E-state index in [2.05, 4.69) is 10.5 Å². The van der Waals surface area contributed by atoms with Gasteiger partial charge in [-0.2, -0.15) is 0 Å². The summed E-state index contributed by atoms with van der Waals surface area (Å²) in [6.07, 6.45) is -0.0558. The van der Waals surface area contributed by atoms with E-state index in [0.29, 0.717) is 18.2 Å². The Morgan fingerprint density at radius 1 is 1.13 bits per heavy atom. The molecule has 6 nitrogen and oxygen atoms in total. The summed E-state index contributed by atoms with van der Waals surface area (Å²) in [7, 11) is 0. The number of amides is 2. The van der Waals surface area contributed by atoms with Crippen molar-refractivity contribution in [3.8, 4) is 0 Å². The molecule has 30 heavy (non-hydrogen) atoms. The van der Waals surface area contributed by atoms with Crippen molar-refractivity contribution >= 4 is 23.2 Å². The lowest BCUT2D eigenvalue weighted by atomic mass is 10.0. The predicted molar refractivity (Wildman–Crippen MR) is 104 cm³/mol. The van der Waals surface area contributed by atoms with Crippen molar-refractivity contribution in [2.45, 2.75) is 25.9 Å². The number of hydrogen-bond donors (Lipinski definition) is 1. The molecule has 1 atom stereocenters. The van der Waals surface area contributed by atoms with Crippen LogP contribution >= 0.6 is 0 Å². The Bertz CT molecular complexity index is 967. The van der Waals surface area contributed by atoms with E-state index in [-0.39, 0.29) is 13.0 Å². The van der Waals surface area contributed by atoms with Crippen LogP contribution in [-0.4, -0.2) is 41.6 Å². The maximum atomic E-state index is 13.8. The number of carbonyl (C=O) groups is 2. The summed E-state index contributed by atoms with van der Waals surface area (Å²) in [5.74, 6) is -5.73. The molecular formula is C21H20F3N3O3. The molecule has 1 N–H and O–H groups in total. The largest absolute Gasteiger partial charge is 0.382 e. The van der Waals surface area contributed by atoms with Crippen molar-refractivity contribution in [2.75, 3.05) is 18.4 Å². The zero-order valence-corrected chi connectivity index (χ0v) is 16.2. The predicted octanol–water partition coefficient (Wildman–Crippen LogP) is 3.47. The Balaban J connectivity index is 1.64. The first-order chi connectivity index (χ1) is 14.4. The number of nitrogens with one attached hydrogen (secondary N) is 1. The van der Waals surface area contributed by atoms with Crippen LogP contribution < -0.4 is 5.32 Å². The fourth-order valence-corrected chi connectivity index (χ4v) is 3.04. The summed E-state index contributed by atoms with van der Waals surface area (Å²) < 4.78 is 40.1. The van der Waals surface area contributed by atoms with E-state index in [1.165, 1.54) is 4.90 Å². The molecule has 0 aliphatic carbocycles. The number of anilines is 1. The molecule has 1 aliphatic rings. The molecule has 0 saturated heterocycles. The van der Waals surface area contributed by atoms with Gasteiger partial charge in [-0.15, -0.1) is 0 Å². The minimum Gasteiger partial charge on any atom is -0.382 e. The van der Waals surface area contributed by atoms with Crippen LogP contribution in [0.15, 0.2) is 47.6 Å². The zero-order chi connectivity index (χ0) is 21.7. The second-order valence-corrected chi connectivity index (χ2v) is 6.73. The second kappa shape index (κ2) is 9.43. The third kappa shape index (κ3) is 4.79. The molecule has 0 bridgehead atoms. The van der Waals surface area contributed by atoms with E-state index in [0.717, 1.165) is 11.6 Å². The van der Waals surface area contributed by atoms with Gasteiger partial charge in [0, 0.05) is 13.0 Å². The average Bonchev–Trinajstić information content (AvgIpc) is 3.24. The fourth-order valence-electron chi connectivity index (χ4n) is 3.04. The molecule has 0 saturated carbocycles. The van der Waals surface area contributed by atoms with Gasteiger partial charge in [-0.1, -0.05) is 42.4 Å². The van der Waals surface area contributed by atoms with Gasteiger partial charge in [0.1, 0.15) is 0 Å². The van der Waals surface area contributed by atoms with Crippen LogP contribution in [0.3, 0.4) is 0 Å². The molecular weight excluding hydrogens is 399 g/mol. The molecule has 0 radical (unpaired) electrons. The van der Waals surface area contributed by atoms with Crippen LogP contribution in [0.2, 0.25) is 0 Å². The number of hydrogen-bond acceptors (Lipinski definition) is 4. The summed E-state index contributed by atoms with van der Waals surface area (Å²) in [6, 6.07) is 10.9. The highest BCUT2D eigenvalue weighted by molar-refractivity contribution is 6.04. The van der Waals surface area contributed by atoms with E-state index < -0.39 is 47.6 Å². The highest BCUT2D eigenvalue weighted by atomic mass is 19.2. The van der Waals surface area contributed by atoms with Gasteiger partial charge in [0.25, 0.3) is 5.91 Å². The van der Waals surface area contributed by atoms with Gasteiger partial charge in [-0.3, -0.25) is 9.59 Å². The SMILES string of the molecule is CCCN(CC(=O)Nc1ccc(F)c(F)c1F)C(=O)C1CC(c2ccccc2)=NO1. The van der Waals surface area contributed by atoms with E-state index in [1.54, 1.807) is 0 Å². The Hall–Kier alpha value is -3.36. The molecule has 1 aliphatic heterocycles. The van der Waals surface area contributed by atoms with Crippen molar-refractivity contribution in [3.63, 3.8) is 0 Å². The van der Waals surface area contributed by atoms with Crippen LogP contribution in [0.25, 0.3) is 0 Å². The Morgan fingerprint density at radius 2 is 1.87 bits per heavy atom.